The molecule has 0 aliphatic carbocycles. The monoisotopic (exact) mass is 310 g/mol. The Morgan fingerprint density at radius 3 is 3.00 bits per heavy atom. The third-order valence-corrected chi connectivity index (χ3v) is 3.14. The van der Waals surface area contributed by atoms with Gasteiger partial charge < -0.3 is 10.6 Å². The maximum atomic E-state index is 13.1. The molecular formula is C15H11FN6O. The molecular weight excluding hydrogens is 299 g/mol. The molecule has 0 spiro atoms. The summed E-state index contributed by atoms with van der Waals surface area (Å²) in [6, 6.07) is 10.3. The Bertz CT molecular complexity index is 914. The normalized spacial score (nSPS) is 10.3. The lowest BCUT2D eigenvalue weighted by Crippen LogP contribution is -2.29. The standard InChI is InChI=1S/C15H11FN6O/c16-11-4-5-12(10(7-11)8-17)19-15(23)18-9-14-21-20-13-3-1-2-6-22(13)14/h1-7H,9H2,(H2,18,19,23). The molecule has 0 saturated carbocycles. The number of nitriles is 1. The van der Waals surface area contributed by atoms with Gasteiger partial charge >= 0.3 is 6.03 Å². The molecule has 23 heavy (non-hydrogen) atoms. The molecule has 0 aliphatic rings. The van der Waals surface area contributed by atoms with Gasteiger partial charge in [0.2, 0.25) is 0 Å². The SMILES string of the molecule is N#Cc1cc(F)ccc1NC(=O)NCc1nnc2ccccn12. The second kappa shape index (κ2) is 6.11. The van der Waals surface area contributed by atoms with E-state index in [2.05, 4.69) is 20.8 Å². The van der Waals surface area contributed by atoms with Crippen molar-refractivity contribution in [2.75, 3.05) is 5.32 Å². The van der Waals surface area contributed by atoms with E-state index in [1.165, 1.54) is 12.1 Å². The van der Waals surface area contributed by atoms with E-state index < -0.39 is 11.8 Å². The fourth-order valence-corrected chi connectivity index (χ4v) is 2.06. The van der Waals surface area contributed by atoms with E-state index in [0.29, 0.717) is 11.5 Å². The number of fused-ring (bicyclic) bond motifs is 1. The van der Waals surface area contributed by atoms with Gasteiger partial charge in [-0.2, -0.15) is 5.26 Å². The van der Waals surface area contributed by atoms with Crippen molar-refractivity contribution >= 4 is 17.4 Å². The van der Waals surface area contributed by atoms with Crippen LogP contribution in [-0.4, -0.2) is 20.6 Å². The number of halogens is 1. The summed E-state index contributed by atoms with van der Waals surface area (Å²) < 4.78 is 14.8. The van der Waals surface area contributed by atoms with Gasteiger partial charge in [0.15, 0.2) is 11.5 Å². The zero-order valence-corrected chi connectivity index (χ0v) is 11.8. The third kappa shape index (κ3) is 3.08. The largest absolute Gasteiger partial charge is 0.331 e. The zero-order valence-electron chi connectivity index (χ0n) is 11.8. The van der Waals surface area contributed by atoms with Gasteiger partial charge in [-0.1, -0.05) is 6.07 Å². The highest BCUT2D eigenvalue weighted by Crippen LogP contribution is 2.15. The summed E-state index contributed by atoms with van der Waals surface area (Å²) in [5.41, 5.74) is 0.959. The molecule has 0 fully saturated rings. The second-order valence-electron chi connectivity index (χ2n) is 4.65. The van der Waals surface area contributed by atoms with Crippen molar-refractivity contribution in [3.63, 3.8) is 0 Å². The average Bonchev–Trinajstić information content (AvgIpc) is 2.98. The van der Waals surface area contributed by atoms with Gasteiger partial charge in [0.1, 0.15) is 11.9 Å². The van der Waals surface area contributed by atoms with E-state index in [9.17, 15) is 9.18 Å². The molecule has 0 unspecified atom stereocenters. The van der Waals surface area contributed by atoms with Gasteiger partial charge in [0, 0.05) is 6.20 Å². The fourth-order valence-electron chi connectivity index (χ4n) is 2.06. The molecule has 0 saturated heterocycles. The molecule has 0 radical (unpaired) electrons. The summed E-state index contributed by atoms with van der Waals surface area (Å²) in [6.07, 6.45) is 1.79. The van der Waals surface area contributed by atoms with Crippen molar-refractivity contribution in [3.05, 3.63) is 59.8 Å². The second-order valence-corrected chi connectivity index (χ2v) is 4.65. The smallest absolute Gasteiger partial charge is 0.319 e. The molecule has 0 aliphatic heterocycles. The van der Waals surface area contributed by atoms with Crippen LogP contribution in [0.5, 0.6) is 0 Å². The predicted octanol–water partition coefficient (Wildman–Crippen LogP) is 2.06. The first-order chi connectivity index (χ1) is 11.2. The molecule has 8 heteroatoms. The Balaban J connectivity index is 1.68. The lowest BCUT2D eigenvalue weighted by molar-refractivity contribution is 0.251. The molecule has 3 rings (SSSR count). The number of pyridine rings is 1. The summed E-state index contributed by atoms with van der Waals surface area (Å²) in [5.74, 6) is 0.0257. The molecule has 0 atom stereocenters. The van der Waals surface area contributed by atoms with Crippen LogP contribution in [-0.2, 0) is 6.54 Å². The van der Waals surface area contributed by atoms with E-state index in [1.54, 1.807) is 16.7 Å². The number of anilines is 1. The van der Waals surface area contributed by atoms with Crippen molar-refractivity contribution in [2.24, 2.45) is 0 Å². The van der Waals surface area contributed by atoms with Crippen LogP contribution in [0.25, 0.3) is 5.65 Å². The number of hydrogen-bond donors (Lipinski definition) is 2. The number of aromatic nitrogens is 3. The van der Waals surface area contributed by atoms with Gasteiger partial charge in [-0.15, -0.1) is 10.2 Å². The zero-order chi connectivity index (χ0) is 16.2. The summed E-state index contributed by atoms with van der Waals surface area (Å²) in [7, 11) is 0. The van der Waals surface area contributed by atoms with Crippen LogP contribution in [0, 0.1) is 17.1 Å². The molecule has 2 aromatic heterocycles. The quantitative estimate of drug-likeness (QED) is 0.774. The number of nitrogens with zero attached hydrogens (tertiary/aromatic N) is 4. The van der Waals surface area contributed by atoms with Crippen LogP contribution in [0.1, 0.15) is 11.4 Å². The molecule has 0 bridgehead atoms. The summed E-state index contributed by atoms with van der Waals surface area (Å²) in [4.78, 5) is 11.9. The molecule has 2 amide bonds. The number of amides is 2. The molecule has 7 nitrogen and oxygen atoms in total. The number of urea groups is 1. The summed E-state index contributed by atoms with van der Waals surface area (Å²) in [5, 5.41) is 22.0. The van der Waals surface area contributed by atoms with Gasteiger partial charge in [-0.05, 0) is 30.3 Å². The van der Waals surface area contributed by atoms with Crippen LogP contribution in [0.3, 0.4) is 0 Å². The molecule has 2 heterocycles. The number of nitrogens with one attached hydrogen (secondary N) is 2. The van der Waals surface area contributed by atoms with Crippen LogP contribution in [0.2, 0.25) is 0 Å². The molecule has 2 N–H and O–H groups in total. The van der Waals surface area contributed by atoms with E-state index >= 15 is 0 Å². The number of hydrogen-bond acceptors (Lipinski definition) is 4. The Hall–Kier alpha value is -3.47. The maximum absolute atomic E-state index is 13.1. The van der Waals surface area contributed by atoms with Gasteiger partial charge in [-0.3, -0.25) is 4.40 Å². The van der Waals surface area contributed by atoms with Crippen LogP contribution in [0.4, 0.5) is 14.9 Å². The minimum absolute atomic E-state index is 0.0491. The number of benzene rings is 1. The van der Waals surface area contributed by atoms with Crippen molar-refractivity contribution in [2.45, 2.75) is 6.54 Å². The van der Waals surface area contributed by atoms with Gasteiger partial charge in [0.25, 0.3) is 0 Å². The Morgan fingerprint density at radius 2 is 2.17 bits per heavy atom. The Morgan fingerprint density at radius 1 is 1.30 bits per heavy atom. The van der Waals surface area contributed by atoms with Crippen molar-refractivity contribution < 1.29 is 9.18 Å². The van der Waals surface area contributed by atoms with E-state index in [-0.39, 0.29) is 17.8 Å². The van der Waals surface area contributed by atoms with Crippen molar-refractivity contribution in [1.82, 2.24) is 19.9 Å². The highest BCUT2D eigenvalue weighted by Gasteiger charge is 2.09. The minimum Gasteiger partial charge on any atom is -0.331 e. The first-order valence-electron chi connectivity index (χ1n) is 6.70. The van der Waals surface area contributed by atoms with E-state index in [4.69, 9.17) is 5.26 Å². The predicted molar refractivity (Wildman–Crippen MR) is 80.0 cm³/mol. The Kier molecular flexibility index (Phi) is 3.84. The third-order valence-electron chi connectivity index (χ3n) is 3.14. The van der Waals surface area contributed by atoms with Crippen molar-refractivity contribution in [1.29, 1.82) is 5.26 Å². The maximum Gasteiger partial charge on any atom is 0.319 e. The lowest BCUT2D eigenvalue weighted by atomic mass is 10.2. The van der Waals surface area contributed by atoms with E-state index in [0.717, 1.165) is 6.07 Å². The van der Waals surface area contributed by atoms with Gasteiger partial charge in [-0.25, -0.2) is 9.18 Å². The molecule has 1 aromatic carbocycles. The van der Waals surface area contributed by atoms with Gasteiger partial charge in [0.05, 0.1) is 17.8 Å². The highest BCUT2D eigenvalue weighted by atomic mass is 19.1. The molecule has 114 valence electrons. The minimum atomic E-state index is -0.539. The number of carbonyl (C=O) groups excluding carboxylic acids is 1. The van der Waals surface area contributed by atoms with Crippen LogP contribution < -0.4 is 10.6 Å². The van der Waals surface area contributed by atoms with E-state index in [1.807, 2.05) is 18.2 Å². The summed E-state index contributed by atoms with van der Waals surface area (Å²) >= 11 is 0. The lowest BCUT2D eigenvalue weighted by Gasteiger charge is -2.08. The average molecular weight is 310 g/mol. The summed E-state index contributed by atoms with van der Waals surface area (Å²) in [6.45, 7) is 0.153. The Labute approximate surface area is 130 Å². The fraction of sp³-hybridized carbons (Fsp3) is 0.0667. The molecule has 3 aromatic rings. The topological polar surface area (TPSA) is 95.1 Å². The van der Waals surface area contributed by atoms with Crippen LogP contribution in [0.15, 0.2) is 42.6 Å². The highest BCUT2D eigenvalue weighted by molar-refractivity contribution is 5.90. The first kappa shape index (κ1) is 14.5. The number of rotatable bonds is 3. The first-order valence-corrected chi connectivity index (χ1v) is 6.70. The van der Waals surface area contributed by atoms with Crippen molar-refractivity contribution in [3.8, 4) is 6.07 Å². The van der Waals surface area contributed by atoms with Crippen LogP contribution >= 0.6 is 0 Å². The number of carbonyl (C=O) groups is 1.